The molecule has 0 bridgehead atoms. The van der Waals surface area contributed by atoms with Gasteiger partial charge in [-0.3, -0.25) is 4.90 Å². The summed E-state index contributed by atoms with van der Waals surface area (Å²) < 4.78 is 5.63. The Morgan fingerprint density at radius 3 is 2.00 bits per heavy atom. The van der Waals surface area contributed by atoms with Crippen LogP contribution >= 0.6 is 0 Å². The molecule has 0 N–H and O–H groups in total. The van der Waals surface area contributed by atoms with Crippen LogP contribution in [0, 0.1) is 0 Å². The summed E-state index contributed by atoms with van der Waals surface area (Å²) in [5, 5.41) is 0. The molecule has 4 nitrogen and oxygen atoms in total. The second-order valence-corrected chi connectivity index (χ2v) is 6.40. The van der Waals surface area contributed by atoms with Crippen LogP contribution in [0.15, 0.2) is 67.3 Å². The Morgan fingerprint density at radius 1 is 0.840 bits per heavy atom. The van der Waals surface area contributed by atoms with Crippen LogP contribution in [0.25, 0.3) is 22.3 Å². The number of hydrogen-bond acceptors (Lipinski definition) is 4. The second-order valence-electron chi connectivity index (χ2n) is 6.40. The van der Waals surface area contributed by atoms with E-state index in [0.29, 0.717) is 6.04 Å². The number of likely N-dealkylation sites (N-methyl/N-ethyl adjacent to an activating group) is 1. The van der Waals surface area contributed by atoms with Crippen molar-refractivity contribution in [2.24, 2.45) is 0 Å². The zero-order valence-corrected chi connectivity index (χ0v) is 14.3. The van der Waals surface area contributed by atoms with Crippen molar-refractivity contribution in [1.29, 1.82) is 0 Å². The zero-order chi connectivity index (χ0) is 17.1. The fraction of sp³-hybridized carbons (Fsp3) is 0.238. The van der Waals surface area contributed by atoms with Crippen molar-refractivity contribution in [2.45, 2.75) is 6.04 Å². The van der Waals surface area contributed by atoms with Crippen molar-refractivity contribution in [3.05, 3.63) is 72.8 Å². The van der Waals surface area contributed by atoms with Crippen molar-refractivity contribution in [1.82, 2.24) is 14.9 Å². The van der Waals surface area contributed by atoms with Gasteiger partial charge in [0, 0.05) is 24.5 Å². The van der Waals surface area contributed by atoms with Crippen LogP contribution in [0.1, 0.15) is 11.6 Å². The van der Waals surface area contributed by atoms with E-state index in [0.717, 1.165) is 30.9 Å². The van der Waals surface area contributed by atoms with E-state index >= 15 is 0 Å². The minimum Gasteiger partial charge on any atom is -0.378 e. The number of morpholine rings is 1. The molecule has 1 atom stereocenters. The van der Waals surface area contributed by atoms with E-state index in [4.69, 9.17) is 4.74 Å². The molecule has 4 heteroatoms. The molecular formula is C21H21N3O. The third-order valence-electron chi connectivity index (χ3n) is 4.80. The summed E-state index contributed by atoms with van der Waals surface area (Å²) in [5.74, 6) is 0. The SMILES string of the molecule is CN1CCOCC1c1ccc(-c2ccc(-c3cncnc3)cc2)cc1. The maximum absolute atomic E-state index is 5.63. The molecule has 0 spiro atoms. The Bertz CT molecular complexity index is 816. The highest BCUT2D eigenvalue weighted by atomic mass is 16.5. The van der Waals surface area contributed by atoms with E-state index in [1.165, 1.54) is 16.7 Å². The summed E-state index contributed by atoms with van der Waals surface area (Å²) in [7, 11) is 2.16. The Morgan fingerprint density at radius 2 is 1.40 bits per heavy atom. The van der Waals surface area contributed by atoms with E-state index in [9.17, 15) is 0 Å². The van der Waals surface area contributed by atoms with Gasteiger partial charge in [-0.2, -0.15) is 0 Å². The van der Waals surface area contributed by atoms with Gasteiger partial charge in [-0.15, -0.1) is 0 Å². The molecular weight excluding hydrogens is 310 g/mol. The van der Waals surface area contributed by atoms with Gasteiger partial charge in [-0.25, -0.2) is 9.97 Å². The fourth-order valence-electron chi connectivity index (χ4n) is 3.24. The summed E-state index contributed by atoms with van der Waals surface area (Å²) in [6.07, 6.45) is 5.22. The number of benzene rings is 2. The maximum atomic E-state index is 5.63. The van der Waals surface area contributed by atoms with Crippen molar-refractivity contribution < 1.29 is 4.74 Å². The molecule has 0 saturated carbocycles. The number of hydrogen-bond donors (Lipinski definition) is 0. The molecule has 126 valence electrons. The van der Waals surface area contributed by atoms with Gasteiger partial charge in [0.05, 0.1) is 19.3 Å². The van der Waals surface area contributed by atoms with Gasteiger partial charge < -0.3 is 4.74 Å². The van der Waals surface area contributed by atoms with Gasteiger partial charge in [0.25, 0.3) is 0 Å². The number of nitrogens with zero attached hydrogens (tertiary/aromatic N) is 3. The van der Waals surface area contributed by atoms with E-state index in [1.807, 2.05) is 12.4 Å². The molecule has 1 aliphatic rings. The van der Waals surface area contributed by atoms with E-state index < -0.39 is 0 Å². The minimum atomic E-state index is 0.350. The van der Waals surface area contributed by atoms with E-state index in [2.05, 4.69) is 70.4 Å². The quantitative estimate of drug-likeness (QED) is 0.731. The first-order chi connectivity index (χ1) is 12.3. The van der Waals surface area contributed by atoms with E-state index in [1.54, 1.807) is 6.33 Å². The van der Waals surface area contributed by atoms with Crippen molar-refractivity contribution >= 4 is 0 Å². The Kier molecular flexibility index (Phi) is 4.55. The zero-order valence-electron chi connectivity index (χ0n) is 14.3. The summed E-state index contributed by atoms with van der Waals surface area (Å²) in [6.45, 7) is 2.57. The molecule has 3 aromatic rings. The van der Waals surface area contributed by atoms with E-state index in [-0.39, 0.29) is 0 Å². The molecule has 4 rings (SSSR count). The van der Waals surface area contributed by atoms with Crippen LogP contribution < -0.4 is 0 Å². The largest absolute Gasteiger partial charge is 0.378 e. The molecule has 25 heavy (non-hydrogen) atoms. The maximum Gasteiger partial charge on any atom is 0.115 e. The highest BCUT2D eigenvalue weighted by Gasteiger charge is 2.20. The smallest absolute Gasteiger partial charge is 0.115 e. The third-order valence-corrected chi connectivity index (χ3v) is 4.80. The van der Waals surface area contributed by atoms with Crippen LogP contribution in [0.4, 0.5) is 0 Å². The second kappa shape index (κ2) is 7.13. The van der Waals surface area contributed by atoms with Crippen LogP contribution in [0.3, 0.4) is 0 Å². The van der Waals surface area contributed by atoms with Crippen LogP contribution in [0.5, 0.6) is 0 Å². The summed E-state index contributed by atoms with van der Waals surface area (Å²) >= 11 is 0. The Hall–Kier alpha value is -2.56. The van der Waals surface area contributed by atoms with Gasteiger partial charge >= 0.3 is 0 Å². The van der Waals surface area contributed by atoms with Gasteiger partial charge in [0.2, 0.25) is 0 Å². The van der Waals surface area contributed by atoms with Gasteiger partial charge in [0.1, 0.15) is 6.33 Å². The van der Waals surface area contributed by atoms with Gasteiger partial charge in [-0.1, -0.05) is 48.5 Å². The molecule has 2 aromatic carbocycles. The highest BCUT2D eigenvalue weighted by Crippen LogP contribution is 2.27. The molecule has 1 aliphatic heterocycles. The van der Waals surface area contributed by atoms with Gasteiger partial charge in [-0.05, 0) is 29.3 Å². The van der Waals surface area contributed by atoms with Crippen molar-refractivity contribution in [2.75, 3.05) is 26.8 Å². The first-order valence-corrected chi connectivity index (χ1v) is 8.55. The molecule has 2 heterocycles. The van der Waals surface area contributed by atoms with Crippen LogP contribution in [-0.2, 0) is 4.74 Å². The molecule has 1 unspecified atom stereocenters. The lowest BCUT2D eigenvalue weighted by Gasteiger charge is -2.32. The minimum absolute atomic E-state index is 0.350. The molecule has 1 fully saturated rings. The molecule has 0 radical (unpaired) electrons. The van der Waals surface area contributed by atoms with Crippen molar-refractivity contribution in [3.8, 4) is 22.3 Å². The molecule has 0 aliphatic carbocycles. The average molecular weight is 331 g/mol. The molecule has 1 saturated heterocycles. The lowest BCUT2D eigenvalue weighted by atomic mass is 9.98. The van der Waals surface area contributed by atoms with Crippen LogP contribution in [-0.4, -0.2) is 41.7 Å². The fourth-order valence-corrected chi connectivity index (χ4v) is 3.24. The lowest BCUT2D eigenvalue weighted by molar-refractivity contribution is 0.00506. The first-order valence-electron chi connectivity index (χ1n) is 8.55. The summed E-state index contributed by atoms with van der Waals surface area (Å²) in [4.78, 5) is 10.5. The highest BCUT2D eigenvalue weighted by molar-refractivity contribution is 5.69. The van der Waals surface area contributed by atoms with Gasteiger partial charge in [0.15, 0.2) is 0 Å². The molecule has 1 aromatic heterocycles. The number of ether oxygens (including phenoxy) is 1. The average Bonchev–Trinajstić information content (AvgIpc) is 2.69. The summed E-state index contributed by atoms with van der Waals surface area (Å²) in [6, 6.07) is 17.7. The topological polar surface area (TPSA) is 38.2 Å². The number of aromatic nitrogens is 2. The third kappa shape index (κ3) is 3.45. The Labute approximate surface area is 148 Å². The predicted molar refractivity (Wildman–Crippen MR) is 99.1 cm³/mol. The first kappa shape index (κ1) is 15.9. The Balaban J connectivity index is 1.54. The lowest BCUT2D eigenvalue weighted by Crippen LogP contribution is -2.36. The summed E-state index contributed by atoms with van der Waals surface area (Å²) in [5.41, 5.74) is 5.90. The monoisotopic (exact) mass is 331 g/mol. The standard InChI is InChI=1S/C21H21N3O/c1-24-10-11-25-14-21(24)19-8-6-17(7-9-19)16-2-4-18(5-3-16)20-12-22-15-23-13-20/h2-9,12-13,15,21H,10-11,14H2,1H3. The van der Waals surface area contributed by atoms with Crippen molar-refractivity contribution in [3.63, 3.8) is 0 Å². The normalized spacial score (nSPS) is 18.2. The predicted octanol–water partition coefficient (Wildman–Crippen LogP) is 3.81. The van der Waals surface area contributed by atoms with Crippen LogP contribution in [0.2, 0.25) is 0 Å². The number of rotatable bonds is 3. The molecule has 0 amide bonds.